The van der Waals surface area contributed by atoms with Crippen molar-refractivity contribution in [2.75, 3.05) is 13.1 Å². The summed E-state index contributed by atoms with van der Waals surface area (Å²) in [4.78, 5) is 0. The van der Waals surface area contributed by atoms with Crippen molar-refractivity contribution in [1.82, 2.24) is 5.32 Å². The summed E-state index contributed by atoms with van der Waals surface area (Å²) in [6.07, 6.45) is 0.436. The Morgan fingerprint density at radius 3 is 2.40 bits per heavy atom. The van der Waals surface area contributed by atoms with Gasteiger partial charge in [-0.25, -0.2) is 8.78 Å². The summed E-state index contributed by atoms with van der Waals surface area (Å²) in [5.74, 6) is -0.659. The van der Waals surface area contributed by atoms with Crippen molar-refractivity contribution in [3.8, 4) is 0 Å². The van der Waals surface area contributed by atoms with E-state index in [-0.39, 0.29) is 11.5 Å². The highest BCUT2D eigenvalue weighted by atomic mass is 19.1. The quantitative estimate of drug-likeness (QED) is 0.793. The van der Waals surface area contributed by atoms with Crippen LogP contribution in [0.4, 0.5) is 8.78 Å². The van der Waals surface area contributed by atoms with Crippen LogP contribution in [0.1, 0.15) is 19.4 Å². The number of hydrogen-bond donors (Lipinski definition) is 1. The van der Waals surface area contributed by atoms with Crippen molar-refractivity contribution in [2.45, 2.75) is 20.3 Å². The van der Waals surface area contributed by atoms with Crippen LogP contribution in [-0.4, -0.2) is 13.1 Å². The average molecular weight is 213 g/mol. The summed E-state index contributed by atoms with van der Waals surface area (Å²) in [5.41, 5.74) is 0.197. The molecule has 1 atom stereocenters. The van der Waals surface area contributed by atoms with Gasteiger partial charge in [-0.1, -0.05) is 19.9 Å². The van der Waals surface area contributed by atoms with Gasteiger partial charge in [-0.05, 0) is 37.6 Å². The lowest BCUT2D eigenvalue weighted by molar-refractivity contribution is 0.483. The smallest absolute Gasteiger partial charge is 0.129 e. The fourth-order valence-corrected chi connectivity index (χ4v) is 1.54. The van der Waals surface area contributed by atoms with Crippen LogP contribution in [0, 0.1) is 17.6 Å². The maximum atomic E-state index is 13.3. The van der Waals surface area contributed by atoms with Crippen LogP contribution in [0.3, 0.4) is 0 Å². The van der Waals surface area contributed by atoms with Gasteiger partial charge in [-0.15, -0.1) is 0 Å². The molecule has 1 aromatic carbocycles. The third-order valence-corrected chi connectivity index (χ3v) is 2.36. The van der Waals surface area contributed by atoms with Gasteiger partial charge in [0.2, 0.25) is 0 Å². The molecule has 1 nitrogen and oxygen atoms in total. The Kier molecular flexibility index (Phi) is 4.69. The Morgan fingerprint density at radius 1 is 1.27 bits per heavy atom. The zero-order valence-corrected chi connectivity index (χ0v) is 9.19. The van der Waals surface area contributed by atoms with Crippen LogP contribution >= 0.6 is 0 Å². The van der Waals surface area contributed by atoms with Crippen molar-refractivity contribution in [1.29, 1.82) is 0 Å². The Balaban J connectivity index is 2.63. The second-order valence-electron chi connectivity index (χ2n) is 3.82. The van der Waals surface area contributed by atoms with E-state index < -0.39 is 11.6 Å². The molecule has 3 heteroatoms. The van der Waals surface area contributed by atoms with E-state index in [2.05, 4.69) is 5.32 Å². The maximum absolute atomic E-state index is 13.3. The highest BCUT2D eigenvalue weighted by Gasteiger charge is 2.11. The zero-order chi connectivity index (χ0) is 11.3. The van der Waals surface area contributed by atoms with Crippen molar-refractivity contribution in [3.63, 3.8) is 0 Å². The van der Waals surface area contributed by atoms with E-state index in [9.17, 15) is 8.78 Å². The molecule has 0 saturated carbocycles. The third-order valence-electron chi connectivity index (χ3n) is 2.36. The molecule has 0 amide bonds. The minimum absolute atomic E-state index is 0.197. The molecule has 0 saturated heterocycles. The van der Waals surface area contributed by atoms with E-state index in [1.54, 1.807) is 0 Å². The topological polar surface area (TPSA) is 12.0 Å². The molecule has 0 aliphatic rings. The number of rotatable bonds is 5. The molecule has 0 aliphatic heterocycles. The molecule has 1 rings (SSSR count). The molecular weight excluding hydrogens is 196 g/mol. The molecule has 0 bridgehead atoms. The van der Waals surface area contributed by atoms with Gasteiger partial charge in [0.05, 0.1) is 0 Å². The Hall–Kier alpha value is -0.960. The summed E-state index contributed by atoms with van der Waals surface area (Å²) in [5, 5.41) is 3.16. The second-order valence-corrected chi connectivity index (χ2v) is 3.82. The van der Waals surface area contributed by atoms with E-state index in [0.717, 1.165) is 13.1 Å². The predicted molar refractivity (Wildman–Crippen MR) is 57.8 cm³/mol. The standard InChI is InChI=1S/C12H17F2N/c1-3-15-8-9(2)7-10-11(13)5-4-6-12(10)14/h4-6,9,15H,3,7-8H2,1-2H3. The van der Waals surface area contributed by atoms with Gasteiger partial charge < -0.3 is 5.32 Å². The summed E-state index contributed by atoms with van der Waals surface area (Å²) in [7, 11) is 0. The molecule has 0 fully saturated rings. The summed E-state index contributed by atoms with van der Waals surface area (Å²) in [6, 6.07) is 4.00. The highest BCUT2D eigenvalue weighted by Crippen LogP contribution is 2.16. The number of halogens is 2. The zero-order valence-electron chi connectivity index (χ0n) is 9.19. The minimum atomic E-state index is -0.446. The molecule has 0 spiro atoms. The van der Waals surface area contributed by atoms with Crippen molar-refractivity contribution < 1.29 is 8.78 Å². The number of benzene rings is 1. The third kappa shape index (κ3) is 3.59. The highest BCUT2D eigenvalue weighted by molar-refractivity contribution is 5.20. The normalized spacial score (nSPS) is 12.8. The molecule has 0 heterocycles. The van der Waals surface area contributed by atoms with Gasteiger partial charge in [0.15, 0.2) is 0 Å². The number of nitrogens with one attached hydrogen (secondary N) is 1. The van der Waals surface area contributed by atoms with E-state index in [1.165, 1.54) is 18.2 Å². The van der Waals surface area contributed by atoms with Crippen LogP contribution < -0.4 is 5.32 Å². The van der Waals surface area contributed by atoms with Gasteiger partial charge in [-0.2, -0.15) is 0 Å². The molecule has 15 heavy (non-hydrogen) atoms. The predicted octanol–water partition coefficient (Wildman–Crippen LogP) is 2.75. The van der Waals surface area contributed by atoms with Gasteiger partial charge >= 0.3 is 0 Å². The lowest BCUT2D eigenvalue weighted by Gasteiger charge is -2.12. The fraction of sp³-hybridized carbons (Fsp3) is 0.500. The molecule has 1 N–H and O–H groups in total. The molecule has 84 valence electrons. The van der Waals surface area contributed by atoms with E-state index >= 15 is 0 Å². The first-order valence-electron chi connectivity index (χ1n) is 5.28. The number of hydrogen-bond acceptors (Lipinski definition) is 1. The van der Waals surface area contributed by atoms with Crippen molar-refractivity contribution >= 4 is 0 Å². The first-order valence-corrected chi connectivity index (χ1v) is 5.28. The van der Waals surface area contributed by atoms with E-state index in [0.29, 0.717) is 6.42 Å². The Morgan fingerprint density at radius 2 is 1.87 bits per heavy atom. The fourth-order valence-electron chi connectivity index (χ4n) is 1.54. The largest absolute Gasteiger partial charge is 0.317 e. The van der Waals surface area contributed by atoms with Crippen LogP contribution in [0.5, 0.6) is 0 Å². The molecule has 0 aliphatic carbocycles. The monoisotopic (exact) mass is 213 g/mol. The lowest BCUT2D eigenvalue weighted by Crippen LogP contribution is -2.22. The Labute approximate surface area is 89.5 Å². The maximum Gasteiger partial charge on any atom is 0.129 e. The van der Waals surface area contributed by atoms with Crippen molar-refractivity contribution in [3.05, 3.63) is 35.4 Å². The molecule has 0 aromatic heterocycles. The summed E-state index contributed by atoms with van der Waals surface area (Å²) in [6.45, 7) is 5.65. The molecule has 1 aromatic rings. The lowest BCUT2D eigenvalue weighted by atomic mass is 10.00. The minimum Gasteiger partial charge on any atom is -0.317 e. The molecule has 1 unspecified atom stereocenters. The van der Waals surface area contributed by atoms with Crippen molar-refractivity contribution in [2.24, 2.45) is 5.92 Å². The Bertz CT molecular complexity index is 292. The van der Waals surface area contributed by atoms with Gasteiger partial charge in [0.25, 0.3) is 0 Å². The summed E-state index contributed by atoms with van der Waals surface area (Å²) < 4.78 is 26.5. The van der Waals surface area contributed by atoms with E-state index in [4.69, 9.17) is 0 Å². The van der Waals surface area contributed by atoms with Crippen LogP contribution in [0.2, 0.25) is 0 Å². The van der Waals surface area contributed by atoms with Crippen LogP contribution in [-0.2, 0) is 6.42 Å². The first-order chi connectivity index (χ1) is 7.15. The molecule has 0 radical (unpaired) electrons. The average Bonchev–Trinajstić information content (AvgIpc) is 2.21. The first kappa shape index (κ1) is 12.1. The van der Waals surface area contributed by atoms with Gasteiger partial charge in [0, 0.05) is 5.56 Å². The van der Waals surface area contributed by atoms with Crippen LogP contribution in [0.15, 0.2) is 18.2 Å². The summed E-state index contributed by atoms with van der Waals surface area (Å²) >= 11 is 0. The second kappa shape index (κ2) is 5.81. The van der Waals surface area contributed by atoms with Gasteiger partial charge in [0.1, 0.15) is 11.6 Å². The molecular formula is C12H17F2N. The van der Waals surface area contributed by atoms with E-state index in [1.807, 2.05) is 13.8 Å². The van der Waals surface area contributed by atoms with Crippen LogP contribution in [0.25, 0.3) is 0 Å². The van der Waals surface area contributed by atoms with Gasteiger partial charge in [-0.3, -0.25) is 0 Å². The SMILES string of the molecule is CCNCC(C)Cc1c(F)cccc1F.